The summed E-state index contributed by atoms with van der Waals surface area (Å²) in [6, 6.07) is 3.95. The lowest BCUT2D eigenvalue weighted by Gasteiger charge is -2.26. The normalized spacial score (nSPS) is 13.2. The zero-order valence-corrected chi connectivity index (χ0v) is 17.1. The van der Waals surface area contributed by atoms with Gasteiger partial charge < -0.3 is 19.8 Å². The van der Waals surface area contributed by atoms with Crippen molar-refractivity contribution in [2.45, 2.75) is 39.7 Å². The van der Waals surface area contributed by atoms with E-state index in [1.54, 1.807) is 4.90 Å². The average Bonchev–Trinajstić information content (AvgIpc) is 3.07. The van der Waals surface area contributed by atoms with Gasteiger partial charge in [0, 0.05) is 25.9 Å². The number of oxazole rings is 1. The van der Waals surface area contributed by atoms with Crippen molar-refractivity contribution >= 4 is 18.3 Å². The van der Waals surface area contributed by atoms with Gasteiger partial charge in [-0.05, 0) is 30.5 Å². The molecule has 0 radical (unpaired) electrons. The molecule has 1 aromatic heterocycles. The fourth-order valence-electron chi connectivity index (χ4n) is 3.08. The zero-order valence-electron chi connectivity index (χ0n) is 16.2. The molecule has 1 aromatic carbocycles. The van der Waals surface area contributed by atoms with Gasteiger partial charge in [-0.1, -0.05) is 13.8 Å². The number of aromatic nitrogens is 1. The molecule has 0 aliphatic carbocycles. The number of hydrogen-bond acceptors (Lipinski definition) is 5. The first-order chi connectivity index (χ1) is 13.0. The molecule has 28 heavy (non-hydrogen) atoms. The Hall–Kier alpha value is -2.12. The van der Waals surface area contributed by atoms with Gasteiger partial charge in [-0.15, -0.1) is 12.4 Å². The van der Waals surface area contributed by atoms with Crippen LogP contribution in [-0.2, 0) is 19.4 Å². The highest BCUT2D eigenvalue weighted by atomic mass is 35.5. The van der Waals surface area contributed by atoms with Crippen LogP contribution >= 0.6 is 12.4 Å². The van der Waals surface area contributed by atoms with Crippen LogP contribution in [0.4, 0.5) is 4.39 Å². The van der Waals surface area contributed by atoms with Crippen LogP contribution in [0.15, 0.2) is 22.6 Å². The van der Waals surface area contributed by atoms with Gasteiger partial charge >= 0.3 is 0 Å². The van der Waals surface area contributed by atoms with Crippen molar-refractivity contribution in [2.75, 3.05) is 19.7 Å². The Morgan fingerprint density at radius 1 is 1.43 bits per heavy atom. The minimum atomic E-state index is -0.478. The Morgan fingerprint density at radius 3 is 2.93 bits per heavy atom. The summed E-state index contributed by atoms with van der Waals surface area (Å²) in [6.07, 6.45) is 2.40. The molecule has 0 unspecified atom stereocenters. The van der Waals surface area contributed by atoms with Gasteiger partial charge in [0.25, 0.3) is 5.91 Å². The zero-order chi connectivity index (χ0) is 19.4. The number of halogens is 2. The molecule has 154 valence electrons. The molecule has 0 bridgehead atoms. The highest BCUT2D eigenvalue weighted by Gasteiger charge is 2.28. The van der Waals surface area contributed by atoms with E-state index in [0.29, 0.717) is 37.7 Å². The third-order valence-electron chi connectivity index (χ3n) is 4.54. The van der Waals surface area contributed by atoms with Gasteiger partial charge in [0.05, 0.1) is 12.1 Å². The number of amides is 1. The number of ether oxygens (including phenoxy) is 1. The fourth-order valence-corrected chi connectivity index (χ4v) is 3.08. The molecule has 0 saturated heterocycles. The molecule has 1 amide bonds. The Balaban J connectivity index is 0.00000280. The van der Waals surface area contributed by atoms with Gasteiger partial charge in [-0.3, -0.25) is 4.79 Å². The molecule has 8 heteroatoms. The summed E-state index contributed by atoms with van der Waals surface area (Å²) in [5, 5.41) is 0. The molecule has 0 atom stereocenters. The number of fused-ring (bicyclic) bond motifs is 1. The summed E-state index contributed by atoms with van der Waals surface area (Å²) in [5.74, 6) is 1.73. The molecule has 6 nitrogen and oxygen atoms in total. The van der Waals surface area contributed by atoms with Gasteiger partial charge in [-0.2, -0.15) is 0 Å². The van der Waals surface area contributed by atoms with Crippen molar-refractivity contribution in [3.8, 4) is 5.75 Å². The van der Waals surface area contributed by atoms with E-state index in [4.69, 9.17) is 14.9 Å². The van der Waals surface area contributed by atoms with E-state index in [2.05, 4.69) is 18.8 Å². The molecule has 3 rings (SSSR count). The number of carbonyl (C=O) groups excluding carboxylic acids is 1. The lowest BCUT2D eigenvalue weighted by Crippen LogP contribution is -2.36. The van der Waals surface area contributed by atoms with E-state index < -0.39 is 5.82 Å². The highest BCUT2D eigenvalue weighted by Crippen LogP contribution is 2.26. The molecule has 2 heterocycles. The van der Waals surface area contributed by atoms with E-state index in [-0.39, 0.29) is 30.5 Å². The quantitative estimate of drug-likeness (QED) is 0.755. The number of benzene rings is 1. The third-order valence-corrected chi connectivity index (χ3v) is 4.54. The molecule has 1 aliphatic heterocycles. The van der Waals surface area contributed by atoms with E-state index in [1.807, 2.05) is 0 Å². The molecule has 2 aromatic rings. The lowest BCUT2D eigenvalue weighted by molar-refractivity contribution is 0.0723. The Labute approximate surface area is 170 Å². The minimum absolute atomic E-state index is 0. The standard InChI is InChI=1S/C20H26FN3O3.ClH/c1-13(2)3-6-19-23-16-12-24(9-7-18(16)27-19)20(25)15-11-14(21)4-5-17(15)26-10-8-22;/h4-5,11,13H,3,6-10,12,22H2,1-2H3;1H. The Bertz CT molecular complexity index is 810. The van der Waals surface area contributed by atoms with Crippen molar-refractivity contribution in [1.29, 1.82) is 0 Å². The number of nitrogens with zero attached hydrogens (tertiary/aromatic N) is 2. The van der Waals surface area contributed by atoms with Crippen molar-refractivity contribution < 1.29 is 18.3 Å². The molecule has 1 aliphatic rings. The average molecular weight is 412 g/mol. The van der Waals surface area contributed by atoms with Crippen LogP contribution in [0.25, 0.3) is 0 Å². The SMILES string of the molecule is CC(C)CCc1nc2c(o1)CCN(C(=O)c1cc(F)ccc1OCCN)C2.Cl. The van der Waals surface area contributed by atoms with Gasteiger partial charge in [0.1, 0.15) is 29.6 Å². The summed E-state index contributed by atoms with van der Waals surface area (Å²) in [4.78, 5) is 19.2. The topological polar surface area (TPSA) is 81.6 Å². The van der Waals surface area contributed by atoms with Crippen LogP contribution in [-0.4, -0.2) is 35.5 Å². The van der Waals surface area contributed by atoms with Crippen molar-refractivity contribution in [3.05, 3.63) is 46.9 Å². The van der Waals surface area contributed by atoms with E-state index in [0.717, 1.165) is 30.2 Å². The van der Waals surface area contributed by atoms with Gasteiger partial charge in [0.15, 0.2) is 5.89 Å². The maximum Gasteiger partial charge on any atom is 0.258 e. The first-order valence-electron chi connectivity index (χ1n) is 9.37. The predicted molar refractivity (Wildman–Crippen MR) is 106 cm³/mol. The first kappa shape index (κ1) is 22.2. The van der Waals surface area contributed by atoms with Crippen LogP contribution in [0.1, 0.15) is 48.0 Å². The first-order valence-corrected chi connectivity index (χ1v) is 9.37. The second-order valence-electron chi connectivity index (χ2n) is 7.16. The molecular formula is C20H27ClFN3O3. The monoisotopic (exact) mass is 411 g/mol. The number of rotatable bonds is 7. The number of aryl methyl sites for hydroxylation is 1. The van der Waals surface area contributed by atoms with Gasteiger partial charge in [-0.25, -0.2) is 9.37 Å². The largest absolute Gasteiger partial charge is 0.491 e. The van der Waals surface area contributed by atoms with E-state index in [1.165, 1.54) is 18.2 Å². The second-order valence-corrected chi connectivity index (χ2v) is 7.16. The summed E-state index contributed by atoms with van der Waals surface area (Å²) in [6.45, 7) is 5.75. The van der Waals surface area contributed by atoms with Crippen LogP contribution < -0.4 is 10.5 Å². The van der Waals surface area contributed by atoms with Gasteiger partial charge in [0.2, 0.25) is 0 Å². The number of carbonyl (C=O) groups is 1. The summed E-state index contributed by atoms with van der Waals surface area (Å²) >= 11 is 0. The Kier molecular flexibility index (Phi) is 7.83. The summed E-state index contributed by atoms with van der Waals surface area (Å²) in [5.41, 5.74) is 6.45. The molecular weight excluding hydrogens is 385 g/mol. The number of hydrogen-bond donors (Lipinski definition) is 1. The van der Waals surface area contributed by atoms with Crippen molar-refractivity contribution in [2.24, 2.45) is 11.7 Å². The number of nitrogens with two attached hydrogens (primary N) is 1. The molecule has 0 saturated carbocycles. The lowest BCUT2D eigenvalue weighted by atomic mass is 10.1. The van der Waals surface area contributed by atoms with Crippen LogP contribution in [0.3, 0.4) is 0 Å². The van der Waals surface area contributed by atoms with Crippen LogP contribution in [0.5, 0.6) is 5.75 Å². The van der Waals surface area contributed by atoms with Crippen LogP contribution in [0.2, 0.25) is 0 Å². The van der Waals surface area contributed by atoms with Crippen molar-refractivity contribution in [3.63, 3.8) is 0 Å². The van der Waals surface area contributed by atoms with Crippen LogP contribution in [0, 0.1) is 11.7 Å². The van der Waals surface area contributed by atoms with E-state index >= 15 is 0 Å². The molecule has 2 N–H and O–H groups in total. The maximum atomic E-state index is 13.7. The Morgan fingerprint density at radius 2 is 2.21 bits per heavy atom. The maximum absolute atomic E-state index is 13.7. The summed E-state index contributed by atoms with van der Waals surface area (Å²) < 4.78 is 25.1. The highest BCUT2D eigenvalue weighted by molar-refractivity contribution is 5.97. The predicted octanol–water partition coefficient (Wildman–Crippen LogP) is 3.36. The molecule has 0 spiro atoms. The summed E-state index contributed by atoms with van der Waals surface area (Å²) in [7, 11) is 0. The van der Waals surface area contributed by atoms with E-state index in [9.17, 15) is 9.18 Å². The third kappa shape index (κ3) is 5.23. The molecule has 0 fully saturated rings. The second kappa shape index (κ2) is 9.89. The fraction of sp³-hybridized carbons (Fsp3) is 0.500. The van der Waals surface area contributed by atoms with Crippen molar-refractivity contribution in [1.82, 2.24) is 9.88 Å². The smallest absolute Gasteiger partial charge is 0.258 e. The minimum Gasteiger partial charge on any atom is -0.491 e.